The van der Waals surface area contributed by atoms with Crippen LogP contribution in [-0.4, -0.2) is 30.5 Å². The van der Waals surface area contributed by atoms with Crippen molar-refractivity contribution in [1.29, 1.82) is 0 Å². The number of nitro groups is 1. The van der Waals surface area contributed by atoms with Crippen molar-refractivity contribution in [3.05, 3.63) is 70.3 Å². The third-order valence-electron chi connectivity index (χ3n) is 3.95. The number of carbonyl (C=O) groups is 2. The number of methoxy groups -OCH3 is 1. The van der Waals surface area contributed by atoms with E-state index in [1.807, 2.05) is 6.07 Å². The third-order valence-corrected chi connectivity index (χ3v) is 3.95. The summed E-state index contributed by atoms with van der Waals surface area (Å²) in [4.78, 5) is 34.5. The largest absolute Gasteiger partial charge is 0.484 e. The van der Waals surface area contributed by atoms with E-state index in [1.54, 1.807) is 31.2 Å². The maximum atomic E-state index is 12.3. The third kappa shape index (κ3) is 5.53. The van der Waals surface area contributed by atoms with Gasteiger partial charge in [0.2, 0.25) is 0 Å². The fraction of sp³-hybridized carbons (Fsp3) is 0.263. The molecular weight excluding hydrogens is 352 g/mol. The summed E-state index contributed by atoms with van der Waals surface area (Å²) in [6.07, 6.45) is 0. The molecule has 2 aromatic carbocycles. The Labute approximate surface area is 156 Å². The predicted molar refractivity (Wildman–Crippen MR) is 97.1 cm³/mol. The summed E-state index contributed by atoms with van der Waals surface area (Å²) < 4.78 is 10.1. The van der Waals surface area contributed by atoms with Crippen molar-refractivity contribution in [2.75, 3.05) is 13.7 Å². The molecule has 8 heteroatoms. The Morgan fingerprint density at radius 1 is 1.15 bits per heavy atom. The number of esters is 1. The van der Waals surface area contributed by atoms with E-state index in [0.29, 0.717) is 0 Å². The maximum Gasteiger partial charge on any atom is 0.310 e. The number of nitrogens with zero attached hydrogens (tertiary/aromatic N) is 1. The minimum atomic E-state index is -0.612. The van der Waals surface area contributed by atoms with Crippen molar-refractivity contribution in [2.45, 2.75) is 13.0 Å². The molecule has 0 aliphatic heterocycles. The van der Waals surface area contributed by atoms with Crippen molar-refractivity contribution >= 4 is 17.6 Å². The van der Waals surface area contributed by atoms with E-state index >= 15 is 0 Å². The number of nitro benzene ring substituents is 1. The van der Waals surface area contributed by atoms with Crippen LogP contribution in [0.2, 0.25) is 0 Å². The lowest BCUT2D eigenvalue weighted by Crippen LogP contribution is -2.38. The summed E-state index contributed by atoms with van der Waals surface area (Å²) in [6.45, 7) is 1.31. The number of ether oxygens (including phenoxy) is 2. The fourth-order valence-corrected chi connectivity index (χ4v) is 2.53. The topological polar surface area (TPSA) is 108 Å². The molecule has 0 fully saturated rings. The second-order valence-electron chi connectivity index (χ2n) is 5.81. The molecule has 1 N–H and O–H groups in total. The number of amides is 1. The Balaban J connectivity index is 2.06. The summed E-state index contributed by atoms with van der Waals surface area (Å²) >= 11 is 0. The summed E-state index contributed by atoms with van der Waals surface area (Å²) in [5.41, 5.74) is 0.619. The number of hydrogen-bond donors (Lipinski definition) is 1. The van der Waals surface area contributed by atoms with Gasteiger partial charge in [-0.3, -0.25) is 19.7 Å². The average molecular weight is 372 g/mol. The SMILES string of the molecule is COC(=O)C(C)C(NC(=O)COc1cccc([N+](=O)[O-])c1)c1ccccc1. The lowest BCUT2D eigenvalue weighted by atomic mass is 9.94. The van der Waals surface area contributed by atoms with E-state index in [9.17, 15) is 19.7 Å². The zero-order valence-corrected chi connectivity index (χ0v) is 15.0. The monoisotopic (exact) mass is 372 g/mol. The van der Waals surface area contributed by atoms with Gasteiger partial charge in [0.15, 0.2) is 6.61 Å². The molecule has 0 spiro atoms. The highest BCUT2D eigenvalue weighted by Gasteiger charge is 2.27. The molecule has 27 heavy (non-hydrogen) atoms. The molecule has 2 rings (SSSR count). The van der Waals surface area contributed by atoms with Crippen LogP contribution in [0, 0.1) is 16.0 Å². The van der Waals surface area contributed by atoms with E-state index in [2.05, 4.69) is 5.32 Å². The van der Waals surface area contributed by atoms with Crippen LogP contribution in [0.25, 0.3) is 0 Å². The first-order valence-electron chi connectivity index (χ1n) is 8.21. The standard InChI is InChI=1S/C19H20N2O6/c1-13(19(23)26-2)18(14-7-4-3-5-8-14)20-17(22)12-27-16-10-6-9-15(11-16)21(24)25/h3-11,13,18H,12H2,1-2H3,(H,20,22). The second-order valence-corrected chi connectivity index (χ2v) is 5.81. The molecule has 0 heterocycles. The lowest BCUT2D eigenvalue weighted by molar-refractivity contribution is -0.384. The lowest BCUT2D eigenvalue weighted by Gasteiger charge is -2.24. The Morgan fingerprint density at radius 2 is 1.85 bits per heavy atom. The van der Waals surface area contributed by atoms with Crippen LogP contribution in [0.4, 0.5) is 5.69 Å². The maximum absolute atomic E-state index is 12.3. The van der Waals surface area contributed by atoms with Gasteiger partial charge in [-0.1, -0.05) is 36.4 Å². The van der Waals surface area contributed by atoms with Gasteiger partial charge in [0.05, 0.1) is 30.1 Å². The fourth-order valence-electron chi connectivity index (χ4n) is 2.53. The van der Waals surface area contributed by atoms with Gasteiger partial charge in [0.25, 0.3) is 11.6 Å². The number of hydrogen-bond acceptors (Lipinski definition) is 6. The van der Waals surface area contributed by atoms with Crippen LogP contribution in [0.15, 0.2) is 54.6 Å². The molecule has 0 aliphatic carbocycles. The van der Waals surface area contributed by atoms with Crippen LogP contribution >= 0.6 is 0 Å². The molecule has 1 amide bonds. The zero-order chi connectivity index (χ0) is 19.8. The van der Waals surface area contributed by atoms with Crippen molar-refractivity contribution in [2.24, 2.45) is 5.92 Å². The molecule has 2 unspecified atom stereocenters. The summed E-state index contributed by atoms with van der Waals surface area (Å²) in [5.74, 6) is -1.33. The highest BCUT2D eigenvalue weighted by Crippen LogP contribution is 2.23. The van der Waals surface area contributed by atoms with Gasteiger partial charge in [-0.2, -0.15) is 0 Å². The van der Waals surface area contributed by atoms with Gasteiger partial charge >= 0.3 is 5.97 Å². The zero-order valence-electron chi connectivity index (χ0n) is 15.0. The predicted octanol–water partition coefficient (Wildman–Crippen LogP) is 2.64. The van der Waals surface area contributed by atoms with Gasteiger partial charge in [0, 0.05) is 6.07 Å². The quantitative estimate of drug-likeness (QED) is 0.434. The first kappa shape index (κ1) is 19.9. The summed E-state index contributed by atoms with van der Waals surface area (Å²) in [6, 6.07) is 14.0. The number of rotatable bonds is 8. The second kappa shape index (κ2) is 9.33. The highest BCUT2D eigenvalue weighted by molar-refractivity contribution is 5.80. The molecule has 8 nitrogen and oxygen atoms in total. The van der Waals surface area contributed by atoms with Crippen molar-refractivity contribution in [1.82, 2.24) is 5.32 Å². The van der Waals surface area contributed by atoms with Gasteiger partial charge in [-0.05, 0) is 18.6 Å². The molecule has 2 atom stereocenters. The normalized spacial score (nSPS) is 12.5. The van der Waals surface area contributed by atoms with Crippen LogP contribution in [0.3, 0.4) is 0 Å². The van der Waals surface area contributed by atoms with Gasteiger partial charge in [-0.15, -0.1) is 0 Å². The minimum absolute atomic E-state index is 0.130. The smallest absolute Gasteiger partial charge is 0.310 e. The molecule has 0 saturated carbocycles. The van der Waals surface area contributed by atoms with Crippen LogP contribution in [-0.2, 0) is 14.3 Å². The molecular formula is C19H20N2O6. The number of non-ortho nitro benzene ring substituents is 1. The van der Waals surface area contributed by atoms with Crippen LogP contribution in [0.1, 0.15) is 18.5 Å². The Bertz CT molecular complexity index is 809. The number of carbonyl (C=O) groups excluding carboxylic acids is 2. The number of benzene rings is 2. The molecule has 0 aromatic heterocycles. The highest BCUT2D eigenvalue weighted by atomic mass is 16.6. The van der Waals surface area contributed by atoms with Gasteiger partial charge in [-0.25, -0.2) is 0 Å². The minimum Gasteiger partial charge on any atom is -0.484 e. The number of nitrogens with one attached hydrogen (secondary N) is 1. The first-order valence-corrected chi connectivity index (χ1v) is 8.21. The Morgan fingerprint density at radius 3 is 2.48 bits per heavy atom. The van der Waals surface area contributed by atoms with E-state index in [1.165, 1.54) is 31.4 Å². The van der Waals surface area contributed by atoms with Gasteiger partial charge < -0.3 is 14.8 Å². The molecule has 0 radical (unpaired) electrons. The Hall–Kier alpha value is -3.42. The van der Waals surface area contributed by atoms with Crippen LogP contribution in [0.5, 0.6) is 5.75 Å². The summed E-state index contributed by atoms with van der Waals surface area (Å²) in [7, 11) is 1.29. The van der Waals surface area contributed by atoms with Crippen LogP contribution < -0.4 is 10.1 Å². The van der Waals surface area contributed by atoms with Gasteiger partial charge in [0.1, 0.15) is 5.75 Å². The Kier molecular flexibility index (Phi) is 6.87. The van der Waals surface area contributed by atoms with E-state index < -0.39 is 28.8 Å². The van der Waals surface area contributed by atoms with E-state index in [0.717, 1.165) is 5.56 Å². The average Bonchev–Trinajstić information content (AvgIpc) is 2.70. The van der Waals surface area contributed by atoms with Crippen molar-refractivity contribution in [3.8, 4) is 5.75 Å². The van der Waals surface area contributed by atoms with Crippen molar-refractivity contribution in [3.63, 3.8) is 0 Å². The molecule has 2 aromatic rings. The van der Waals surface area contributed by atoms with E-state index in [4.69, 9.17) is 9.47 Å². The summed E-state index contributed by atoms with van der Waals surface area (Å²) in [5, 5.41) is 13.5. The van der Waals surface area contributed by atoms with Crippen molar-refractivity contribution < 1.29 is 24.0 Å². The molecule has 0 bridgehead atoms. The first-order chi connectivity index (χ1) is 12.9. The van der Waals surface area contributed by atoms with E-state index in [-0.39, 0.29) is 18.0 Å². The molecule has 0 saturated heterocycles. The molecule has 142 valence electrons. The molecule has 0 aliphatic rings.